The van der Waals surface area contributed by atoms with Crippen LogP contribution in [-0.2, 0) is 4.79 Å². The van der Waals surface area contributed by atoms with Crippen LogP contribution in [0.2, 0.25) is 0 Å². The van der Waals surface area contributed by atoms with Gasteiger partial charge < -0.3 is 5.32 Å². The van der Waals surface area contributed by atoms with Gasteiger partial charge >= 0.3 is 0 Å². The molecule has 0 aromatic carbocycles. The van der Waals surface area contributed by atoms with Crippen molar-refractivity contribution in [3.63, 3.8) is 0 Å². The molecule has 0 aromatic heterocycles. The van der Waals surface area contributed by atoms with Crippen LogP contribution < -0.4 is 5.32 Å². The lowest BCUT2D eigenvalue weighted by Crippen LogP contribution is -2.32. The van der Waals surface area contributed by atoms with Crippen LogP contribution >= 0.6 is 0 Å². The summed E-state index contributed by atoms with van der Waals surface area (Å²) in [5.74, 6) is 1.22. The lowest BCUT2D eigenvalue weighted by molar-refractivity contribution is -0.125. The molecule has 2 nitrogen and oxygen atoms in total. The van der Waals surface area contributed by atoms with E-state index in [0.717, 1.165) is 38.1 Å². The minimum atomic E-state index is 0.231. The van der Waals surface area contributed by atoms with Gasteiger partial charge in [0.1, 0.15) is 0 Å². The van der Waals surface area contributed by atoms with Gasteiger partial charge in [-0.15, -0.1) is 0 Å². The van der Waals surface area contributed by atoms with E-state index in [1.54, 1.807) is 0 Å². The lowest BCUT2D eigenvalue weighted by atomic mass is 9.93. The quantitative estimate of drug-likeness (QED) is 0.547. The number of rotatable bonds is 5. The van der Waals surface area contributed by atoms with E-state index in [2.05, 4.69) is 31.3 Å². The van der Waals surface area contributed by atoms with Crippen LogP contribution in [0.25, 0.3) is 0 Å². The summed E-state index contributed by atoms with van der Waals surface area (Å²) in [5, 5.41) is 3.03. The van der Waals surface area contributed by atoms with Gasteiger partial charge in [0.2, 0.25) is 5.91 Å². The molecule has 1 unspecified atom stereocenters. The van der Waals surface area contributed by atoms with Crippen LogP contribution in [0.4, 0.5) is 0 Å². The second-order valence-electron chi connectivity index (χ2n) is 4.81. The first-order chi connectivity index (χ1) is 7.20. The van der Waals surface area contributed by atoms with Gasteiger partial charge in [-0.05, 0) is 38.0 Å². The monoisotopic (exact) mass is 209 g/mol. The second-order valence-corrected chi connectivity index (χ2v) is 4.81. The Labute approximate surface area is 93.1 Å². The number of hydrogen-bond donors (Lipinski definition) is 1. The van der Waals surface area contributed by atoms with Gasteiger partial charge in [-0.1, -0.05) is 26.0 Å². The third-order valence-corrected chi connectivity index (χ3v) is 2.90. The molecule has 0 spiro atoms. The van der Waals surface area contributed by atoms with Crippen molar-refractivity contribution in [1.82, 2.24) is 5.32 Å². The largest absolute Gasteiger partial charge is 0.356 e. The number of hydrogen-bond acceptors (Lipinski definition) is 1. The molecule has 1 amide bonds. The predicted molar refractivity (Wildman–Crippen MR) is 63.6 cm³/mol. The van der Waals surface area contributed by atoms with Crippen molar-refractivity contribution in [1.29, 1.82) is 0 Å². The van der Waals surface area contributed by atoms with Gasteiger partial charge in [0.15, 0.2) is 0 Å². The molecule has 0 saturated heterocycles. The van der Waals surface area contributed by atoms with Gasteiger partial charge in [-0.2, -0.15) is 0 Å². The minimum absolute atomic E-state index is 0.231. The highest BCUT2D eigenvalue weighted by atomic mass is 16.1. The molecule has 0 fully saturated rings. The van der Waals surface area contributed by atoms with Crippen molar-refractivity contribution < 1.29 is 4.79 Å². The molecule has 0 aromatic rings. The van der Waals surface area contributed by atoms with Gasteiger partial charge in [-0.25, -0.2) is 0 Å². The molecule has 15 heavy (non-hydrogen) atoms. The van der Waals surface area contributed by atoms with Crippen molar-refractivity contribution in [3.05, 3.63) is 12.2 Å². The number of allylic oxidation sites excluding steroid dienone is 2. The standard InChI is InChI=1S/C13H23NO/c1-11(2)7-6-10-14-13(15)12-8-4-3-5-9-12/h3-4,11-12H,5-10H2,1-2H3,(H,14,15). The summed E-state index contributed by atoms with van der Waals surface area (Å²) in [5.41, 5.74) is 0. The van der Waals surface area contributed by atoms with E-state index in [1.807, 2.05) is 0 Å². The van der Waals surface area contributed by atoms with Gasteiger partial charge in [-0.3, -0.25) is 4.79 Å². The summed E-state index contributed by atoms with van der Waals surface area (Å²) in [6, 6.07) is 0. The van der Waals surface area contributed by atoms with Crippen LogP contribution in [-0.4, -0.2) is 12.5 Å². The van der Waals surface area contributed by atoms with E-state index < -0.39 is 0 Å². The third kappa shape index (κ3) is 5.01. The molecular weight excluding hydrogens is 186 g/mol. The minimum Gasteiger partial charge on any atom is -0.356 e. The Balaban J connectivity index is 2.10. The molecule has 1 rings (SSSR count). The zero-order chi connectivity index (χ0) is 11.1. The lowest BCUT2D eigenvalue weighted by Gasteiger charge is -2.17. The van der Waals surface area contributed by atoms with Crippen LogP contribution in [0.15, 0.2) is 12.2 Å². The SMILES string of the molecule is CC(C)CCCNC(=O)C1CC=CCC1. The van der Waals surface area contributed by atoms with E-state index in [9.17, 15) is 4.79 Å². The molecule has 1 N–H and O–H groups in total. The van der Waals surface area contributed by atoms with Crippen LogP contribution in [0.3, 0.4) is 0 Å². The molecule has 1 aliphatic rings. The highest BCUT2D eigenvalue weighted by molar-refractivity contribution is 5.78. The molecule has 0 radical (unpaired) electrons. The van der Waals surface area contributed by atoms with Crippen LogP contribution in [0, 0.1) is 11.8 Å². The van der Waals surface area contributed by atoms with E-state index in [4.69, 9.17) is 0 Å². The van der Waals surface area contributed by atoms with E-state index in [0.29, 0.717) is 0 Å². The van der Waals surface area contributed by atoms with Gasteiger partial charge in [0, 0.05) is 12.5 Å². The van der Waals surface area contributed by atoms with E-state index in [1.165, 1.54) is 6.42 Å². The number of carbonyl (C=O) groups excluding carboxylic acids is 1. The fourth-order valence-electron chi connectivity index (χ4n) is 1.90. The maximum atomic E-state index is 11.7. The Kier molecular flexibility index (Phi) is 5.44. The van der Waals surface area contributed by atoms with Gasteiger partial charge in [0.05, 0.1) is 0 Å². The average Bonchev–Trinajstić information content (AvgIpc) is 2.25. The third-order valence-electron chi connectivity index (χ3n) is 2.90. The highest BCUT2D eigenvalue weighted by Gasteiger charge is 2.17. The van der Waals surface area contributed by atoms with E-state index in [-0.39, 0.29) is 11.8 Å². The smallest absolute Gasteiger partial charge is 0.223 e. The molecule has 0 bridgehead atoms. The first-order valence-corrected chi connectivity index (χ1v) is 6.13. The summed E-state index contributed by atoms with van der Waals surface area (Å²) in [6.45, 7) is 5.28. The predicted octanol–water partition coefficient (Wildman–Crippen LogP) is 2.90. The Morgan fingerprint density at radius 2 is 2.27 bits per heavy atom. The first-order valence-electron chi connectivity index (χ1n) is 6.13. The fourth-order valence-corrected chi connectivity index (χ4v) is 1.90. The molecule has 2 heteroatoms. The Hall–Kier alpha value is -0.790. The number of nitrogens with one attached hydrogen (secondary N) is 1. The fraction of sp³-hybridized carbons (Fsp3) is 0.769. The first kappa shape index (κ1) is 12.3. The normalized spacial score (nSPS) is 20.6. The van der Waals surface area contributed by atoms with E-state index >= 15 is 0 Å². The van der Waals surface area contributed by atoms with Gasteiger partial charge in [0.25, 0.3) is 0 Å². The molecule has 0 saturated carbocycles. The molecule has 1 aliphatic carbocycles. The highest BCUT2D eigenvalue weighted by Crippen LogP contribution is 2.17. The van der Waals surface area contributed by atoms with Crippen molar-refractivity contribution in [3.8, 4) is 0 Å². The number of carbonyl (C=O) groups is 1. The molecule has 0 heterocycles. The van der Waals surface area contributed by atoms with Crippen molar-refractivity contribution >= 4 is 5.91 Å². The Morgan fingerprint density at radius 3 is 2.87 bits per heavy atom. The summed E-state index contributed by atoms with van der Waals surface area (Å²) in [4.78, 5) is 11.7. The zero-order valence-electron chi connectivity index (χ0n) is 9.96. The molecule has 86 valence electrons. The van der Waals surface area contributed by atoms with Crippen molar-refractivity contribution in [2.45, 2.75) is 46.0 Å². The summed E-state index contributed by atoms with van der Waals surface area (Å²) < 4.78 is 0. The Bertz CT molecular complexity index is 221. The summed E-state index contributed by atoms with van der Waals surface area (Å²) in [6.07, 6.45) is 9.60. The molecular formula is C13H23NO. The maximum absolute atomic E-state index is 11.7. The molecule has 1 atom stereocenters. The summed E-state index contributed by atoms with van der Waals surface area (Å²) in [7, 11) is 0. The second kappa shape index (κ2) is 6.65. The molecule has 0 aliphatic heterocycles. The van der Waals surface area contributed by atoms with Crippen LogP contribution in [0.1, 0.15) is 46.0 Å². The zero-order valence-corrected chi connectivity index (χ0v) is 9.96. The maximum Gasteiger partial charge on any atom is 0.223 e. The van der Waals surface area contributed by atoms with Crippen LogP contribution in [0.5, 0.6) is 0 Å². The topological polar surface area (TPSA) is 29.1 Å². The van der Waals surface area contributed by atoms with Crippen molar-refractivity contribution in [2.24, 2.45) is 11.8 Å². The van der Waals surface area contributed by atoms with Crippen molar-refractivity contribution in [2.75, 3.05) is 6.54 Å². The average molecular weight is 209 g/mol. The Morgan fingerprint density at radius 1 is 1.47 bits per heavy atom. The summed E-state index contributed by atoms with van der Waals surface area (Å²) >= 11 is 0. The number of amides is 1.